The van der Waals surface area contributed by atoms with Crippen LogP contribution in [0, 0.1) is 25.7 Å². The highest BCUT2D eigenvalue weighted by molar-refractivity contribution is 6.03. The molecule has 5 atom stereocenters. The summed E-state index contributed by atoms with van der Waals surface area (Å²) in [5.74, 6) is -1.95. The topological polar surface area (TPSA) is 91.0 Å². The molecule has 5 unspecified atom stereocenters. The van der Waals surface area contributed by atoms with Gasteiger partial charge >= 0.3 is 0 Å². The van der Waals surface area contributed by atoms with Gasteiger partial charge in [-0.25, -0.2) is 0 Å². The van der Waals surface area contributed by atoms with Gasteiger partial charge < -0.3 is 25.2 Å². The second-order valence-electron chi connectivity index (χ2n) is 11.4. The van der Waals surface area contributed by atoms with Crippen molar-refractivity contribution in [1.82, 2.24) is 15.1 Å². The summed E-state index contributed by atoms with van der Waals surface area (Å²) in [7, 11) is 0. The van der Waals surface area contributed by atoms with E-state index in [1.54, 1.807) is 4.90 Å². The number of benzene rings is 1. The van der Waals surface area contributed by atoms with Gasteiger partial charge in [0.1, 0.15) is 11.6 Å². The monoisotopic (exact) mass is 522 g/mol. The molecule has 3 aliphatic heterocycles. The molecule has 2 saturated heterocycles. The summed E-state index contributed by atoms with van der Waals surface area (Å²) < 4.78 is 6.48. The zero-order chi connectivity index (χ0) is 27.0. The first-order valence-electron chi connectivity index (χ1n) is 14.4. The smallest absolute Gasteiger partial charge is 0.246 e. The number of carbonyl (C=O) groups is 3. The van der Waals surface area contributed by atoms with Gasteiger partial charge in [-0.15, -0.1) is 0 Å². The van der Waals surface area contributed by atoms with Gasteiger partial charge in [0.25, 0.3) is 0 Å². The Kier molecular flexibility index (Phi) is 7.65. The average molecular weight is 523 g/mol. The fraction of sp³-hybridized carbons (Fsp3) is 0.633. The molecule has 3 amide bonds. The third-order valence-corrected chi connectivity index (χ3v) is 9.07. The molecule has 2 bridgehead atoms. The van der Waals surface area contributed by atoms with E-state index in [9.17, 15) is 14.4 Å². The Labute approximate surface area is 226 Å². The Morgan fingerprint density at radius 2 is 1.84 bits per heavy atom. The number of hydrogen-bond acceptors (Lipinski definition) is 5. The van der Waals surface area contributed by atoms with Crippen LogP contribution in [0.15, 0.2) is 30.4 Å². The number of likely N-dealkylation sites (N-methyl/N-ethyl adjacent to an activating group) is 1. The molecule has 0 aromatic heterocycles. The first kappa shape index (κ1) is 26.9. The molecule has 0 radical (unpaired) electrons. The minimum atomic E-state index is -1.12. The Morgan fingerprint density at radius 3 is 2.53 bits per heavy atom. The molecular weight excluding hydrogens is 480 g/mol. The first-order valence-corrected chi connectivity index (χ1v) is 14.4. The number of rotatable bonds is 9. The van der Waals surface area contributed by atoms with Gasteiger partial charge in [-0.1, -0.05) is 63.0 Å². The SMILES string of the molecule is CCN(CC)CCN1C(=O)C2C(C(=O)Nc3ccc(C)cc3C)C3C=CC2(O3)C1C(=O)NC1CCCCC1. The minimum absolute atomic E-state index is 0.123. The Bertz CT molecular complexity index is 1110. The first-order chi connectivity index (χ1) is 18.3. The van der Waals surface area contributed by atoms with Crippen molar-refractivity contribution >= 4 is 23.4 Å². The highest BCUT2D eigenvalue weighted by Gasteiger charge is 2.72. The molecule has 8 nitrogen and oxygen atoms in total. The molecular formula is C30H42N4O4. The van der Waals surface area contributed by atoms with E-state index in [0.717, 1.165) is 55.6 Å². The Morgan fingerprint density at radius 1 is 1.11 bits per heavy atom. The molecule has 3 heterocycles. The van der Waals surface area contributed by atoms with Crippen LogP contribution in [0.5, 0.6) is 0 Å². The van der Waals surface area contributed by atoms with Crippen molar-refractivity contribution in [2.24, 2.45) is 11.8 Å². The molecule has 206 valence electrons. The number of carbonyl (C=O) groups excluding carboxylic acids is 3. The van der Waals surface area contributed by atoms with Crippen LogP contribution in [0.4, 0.5) is 5.69 Å². The van der Waals surface area contributed by atoms with Crippen LogP contribution in [-0.4, -0.2) is 77.5 Å². The van der Waals surface area contributed by atoms with E-state index in [0.29, 0.717) is 13.1 Å². The van der Waals surface area contributed by atoms with Gasteiger partial charge in [-0.2, -0.15) is 0 Å². The summed E-state index contributed by atoms with van der Waals surface area (Å²) in [6, 6.07) is 5.23. The van der Waals surface area contributed by atoms with E-state index in [4.69, 9.17) is 4.74 Å². The lowest BCUT2D eigenvalue weighted by Crippen LogP contribution is -2.57. The van der Waals surface area contributed by atoms with Crippen molar-refractivity contribution in [2.45, 2.75) is 83.6 Å². The maximum absolute atomic E-state index is 14.1. The molecule has 2 N–H and O–H groups in total. The van der Waals surface area contributed by atoms with E-state index >= 15 is 0 Å². The Balaban J connectivity index is 1.43. The summed E-state index contributed by atoms with van der Waals surface area (Å²) in [4.78, 5) is 45.6. The number of nitrogens with zero attached hydrogens (tertiary/aromatic N) is 2. The van der Waals surface area contributed by atoms with E-state index in [1.165, 1.54) is 6.42 Å². The zero-order valence-electron chi connectivity index (χ0n) is 23.2. The summed E-state index contributed by atoms with van der Waals surface area (Å²) in [6.07, 6.45) is 8.57. The predicted octanol–water partition coefficient (Wildman–Crippen LogP) is 3.18. The standard InChI is InChI=1S/C30H42N4O4/c1-5-33(6-2)16-17-34-26(28(36)31-21-10-8-7-9-11-21)30-15-14-23(38-30)24(25(30)29(34)37)27(35)32-22-13-12-19(3)18-20(22)4/h12-15,18,21,23-26H,5-11,16-17H2,1-4H3,(H,31,36)(H,32,35). The average Bonchev–Trinajstić information content (AvgIpc) is 3.54. The van der Waals surface area contributed by atoms with Crippen LogP contribution in [0.1, 0.15) is 57.1 Å². The normalized spacial score (nSPS) is 30.2. The van der Waals surface area contributed by atoms with Crippen LogP contribution in [0.3, 0.4) is 0 Å². The van der Waals surface area contributed by atoms with Gasteiger partial charge in [-0.3, -0.25) is 14.4 Å². The van der Waals surface area contributed by atoms with Crippen molar-refractivity contribution in [3.63, 3.8) is 0 Å². The van der Waals surface area contributed by atoms with Gasteiger partial charge in [0.05, 0.1) is 17.9 Å². The fourth-order valence-electron chi connectivity index (χ4n) is 6.99. The summed E-state index contributed by atoms with van der Waals surface area (Å²) in [6.45, 7) is 11.0. The van der Waals surface area contributed by atoms with Gasteiger partial charge in [0, 0.05) is 24.8 Å². The van der Waals surface area contributed by atoms with Crippen molar-refractivity contribution in [3.8, 4) is 0 Å². The predicted molar refractivity (Wildman–Crippen MR) is 147 cm³/mol. The van der Waals surface area contributed by atoms with Crippen molar-refractivity contribution in [1.29, 1.82) is 0 Å². The van der Waals surface area contributed by atoms with Crippen LogP contribution in [0.25, 0.3) is 0 Å². The maximum atomic E-state index is 14.1. The molecule has 5 rings (SSSR count). The maximum Gasteiger partial charge on any atom is 0.246 e. The molecule has 1 aromatic rings. The third-order valence-electron chi connectivity index (χ3n) is 9.07. The number of hydrogen-bond donors (Lipinski definition) is 2. The Hall–Kier alpha value is -2.71. The fourth-order valence-corrected chi connectivity index (χ4v) is 6.99. The molecule has 1 aromatic carbocycles. The molecule has 3 fully saturated rings. The number of likely N-dealkylation sites (tertiary alicyclic amines) is 1. The van der Waals surface area contributed by atoms with Crippen molar-refractivity contribution in [3.05, 3.63) is 41.5 Å². The molecule has 1 saturated carbocycles. The summed E-state index contributed by atoms with van der Waals surface area (Å²) in [5, 5.41) is 6.31. The van der Waals surface area contributed by atoms with E-state index < -0.39 is 29.6 Å². The van der Waals surface area contributed by atoms with Gasteiger partial charge in [0.15, 0.2) is 0 Å². The lowest BCUT2D eigenvalue weighted by molar-refractivity contribution is -0.141. The van der Waals surface area contributed by atoms with Crippen LogP contribution < -0.4 is 10.6 Å². The second-order valence-corrected chi connectivity index (χ2v) is 11.4. The van der Waals surface area contributed by atoms with Gasteiger partial charge in [0.2, 0.25) is 17.7 Å². The van der Waals surface area contributed by atoms with Gasteiger partial charge in [-0.05, 0) is 51.4 Å². The summed E-state index contributed by atoms with van der Waals surface area (Å²) >= 11 is 0. The van der Waals surface area contributed by atoms with E-state index in [-0.39, 0.29) is 23.8 Å². The number of anilines is 1. The van der Waals surface area contributed by atoms with Crippen molar-refractivity contribution in [2.75, 3.05) is 31.5 Å². The number of nitrogens with one attached hydrogen (secondary N) is 2. The molecule has 1 aliphatic carbocycles. The second kappa shape index (κ2) is 10.8. The lowest BCUT2D eigenvalue weighted by Gasteiger charge is -2.34. The number of fused-ring (bicyclic) bond motifs is 1. The highest BCUT2D eigenvalue weighted by Crippen LogP contribution is 2.55. The van der Waals surface area contributed by atoms with Crippen molar-refractivity contribution < 1.29 is 19.1 Å². The number of aryl methyl sites for hydroxylation is 2. The highest BCUT2D eigenvalue weighted by atomic mass is 16.5. The quantitative estimate of drug-likeness (QED) is 0.486. The van der Waals surface area contributed by atoms with E-state index in [1.807, 2.05) is 44.2 Å². The molecule has 1 spiro atoms. The third kappa shape index (κ3) is 4.66. The van der Waals surface area contributed by atoms with Crippen LogP contribution in [-0.2, 0) is 19.1 Å². The van der Waals surface area contributed by atoms with E-state index in [2.05, 4.69) is 29.4 Å². The zero-order valence-corrected chi connectivity index (χ0v) is 23.2. The van der Waals surface area contributed by atoms with Crippen LogP contribution in [0.2, 0.25) is 0 Å². The van der Waals surface area contributed by atoms with Crippen LogP contribution >= 0.6 is 0 Å². The molecule has 8 heteroatoms. The summed E-state index contributed by atoms with van der Waals surface area (Å²) in [5.41, 5.74) is 1.70. The number of amides is 3. The largest absolute Gasteiger partial charge is 0.359 e. The number of ether oxygens (including phenoxy) is 1. The molecule has 4 aliphatic rings. The lowest BCUT2D eigenvalue weighted by atomic mass is 9.74. The molecule has 38 heavy (non-hydrogen) atoms. The minimum Gasteiger partial charge on any atom is -0.359 e.